The first-order valence-electron chi connectivity index (χ1n) is 5.91. The van der Waals surface area contributed by atoms with Crippen molar-refractivity contribution >= 4 is 15.9 Å². The molecular formula is C13H17BrFNO. The van der Waals surface area contributed by atoms with E-state index in [9.17, 15) is 9.50 Å². The van der Waals surface area contributed by atoms with E-state index in [1.807, 2.05) is 0 Å². The van der Waals surface area contributed by atoms with Crippen LogP contribution in [0.4, 0.5) is 4.39 Å². The van der Waals surface area contributed by atoms with Crippen LogP contribution in [0.2, 0.25) is 0 Å². The van der Waals surface area contributed by atoms with Gasteiger partial charge in [-0.25, -0.2) is 4.39 Å². The molecule has 1 aromatic carbocycles. The lowest BCUT2D eigenvalue weighted by Crippen LogP contribution is -2.60. The van der Waals surface area contributed by atoms with E-state index in [-0.39, 0.29) is 5.82 Å². The summed E-state index contributed by atoms with van der Waals surface area (Å²) >= 11 is 3.42. The van der Waals surface area contributed by atoms with Gasteiger partial charge in [0, 0.05) is 24.1 Å². The van der Waals surface area contributed by atoms with Gasteiger partial charge in [-0.1, -0.05) is 29.3 Å². The Morgan fingerprint density at radius 3 is 2.82 bits per heavy atom. The van der Waals surface area contributed by atoms with Gasteiger partial charge in [0.25, 0.3) is 0 Å². The average molecular weight is 302 g/mol. The zero-order valence-electron chi connectivity index (χ0n) is 9.92. The summed E-state index contributed by atoms with van der Waals surface area (Å²) in [6, 6.07) is 4.71. The number of aliphatic hydroxyl groups is 1. The second kappa shape index (κ2) is 5.04. The van der Waals surface area contributed by atoms with Crippen LogP contribution in [0.5, 0.6) is 0 Å². The van der Waals surface area contributed by atoms with Crippen LogP contribution in [0.1, 0.15) is 25.3 Å². The Balaban J connectivity index is 1.93. The lowest BCUT2D eigenvalue weighted by atomic mass is 9.89. The summed E-state index contributed by atoms with van der Waals surface area (Å²) in [6.45, 7) is 4.13. The van der Waals surface area contributed by atoms with Crippen molar-refractivity contribution in [2.24, 2.45) is 0 Å². The third-order valence-corrected chi connectivity index (χ3v) is 3.93. The van der Waals surface area contributed by atoms with Crippen molar-refractivity contribution in [3.8, 4) is 0 Å². The van der Waals surface area contributed by atoms with Crippen LogP contribution >= 0.6 is 15.9 Å². The second-order valence-corrected chi connectivity index (χ2v) is 5.71. The molecule has 94 valence electrons. The number of hydrogen-bond donors (Lipinski definition) is 1. The van der Waals surface area contributed by atoms with Gasteiger partial charge >= 0.3 is 0 Å². The molecule has 0 bridgehead atoms. The van der Waals surface area contributed by atoms with Crippen molar-refractivity contribution in [2.45, 2.75) is 31.9 Å². The van der Waals surface area contributed by atoms with Gasteiger partial charge in [0.2, 0.25) is 0 Å². The fraction of sp³-hybridized carbons (Fsp3) is 0.538. The number of β-amino-alcohol motifs (C(OH)–C–C–N with tert-alkyl or cyclic N) is 1. The Morgan fingerprint density at radius 2 is 2.18 bits per heavy atom. The Labute approximate surface area is 110 Å². The zero-order chi connectivity index (χ0) is 12.5. The quantitative estimate of drug-likeness (QED) is 0.924. The summed E-state index contributed by atoms with van der Waals surface area (Å²) in [4.78, 5) is 2.13. The van der Waals surface area contributed by atoms with Crippen LogP contribution in [0, 0.1) is 5.82 Å². The summed E-state index contributed by atoms with van der Waals surface area (Å²) in [7, 11) is 0. The number of nitrogens with zero attached hydrogens (tertiary/aromatic N) is 1. The fourth-order valence-corrected chi connectivity index (χ4v) is 2.80. The lowest BCUT2D eigenvalue weighted by Gasteiger charge is -2.46. The molecular weight excluding hydrogens is 285 g/mol. The maximum atomic E-state index is 13.1. The van der Waals surface area contributed by atoms with E-state index in [0.717, 1.165) is 22.9 Å². The number of benzene rings is 1. The molecule has 1 aliphatic heterocycles. The van der Waals surface area contributed by atoms with E-state index in [1.54, 1.807) is 12.1 Å². The molecule has 0 spiro atoms. The lowest BCUT2D eigenvalue weighted by molar-refractivity contribution is -0.106. The normalized spacial score (nSPS) is 19.1. The number of hydrogen-bond acceptors (Lipinski definition) is 2. The smallest absolute Gasteiger partial charge is 0.123 e. The molecule has 1 N–H and O–H groups in total. The first kappa shape index (κ1) is 13.0. The molecule has 0 aliphatic carbocycles. The minimum Gasteiger partial charge on any atom is -0.387 e. The summed E-state index contributed by atoms with van der Waals surface area (Å²) in [5, 5.41) is 10.1. The summed E-state index contributed by atoms with van der Waals surface area (Å²) < 4.78 is 14.0. The van der Waals surface area contributed by atoms with Crippen LogP contribution in [-0.2, 0) is 6.54 Å². The number of likely N-dealkylation sites (tertiary alicyclic amines) is 1. The van der Waals surface area contributed by atoms with Crippen molar-refractivity contribution in [2.75, 3.05) is 13.1 Å². The molecule has 1 fully saturated rings. The monoisotopic (exact) mass is 301 g/mol. The predicted octanol–water partition coefficient (Wildman–Crippen LogP) is 2.94. The van der Waals surface area contributed by atoms with Crippen molar-refractivity contribution in [1.29, 1.82) is 0 Å². The topological polar surface area (TPSA) is 23.5 Å². The molecule has 0 amide bonds. The van der Waals surface area contributed by atoms with Crippen LogP contribution in [0.15, 0.2) is 22.7 Å². The maximum absolute atomic E-state index is 13.1. The Morgan fingerprint density at radius 1 is 1.47 bits per heavy atom. The van der Waals surface area contributed by atoms with Gasteiger partial charge in [-0.05, 0) is 30.2 Å². The van der Waals surface area contributed by atoms with E-state index >= 15 is 0 Å². The van der Waals surface area contributed by atoms with Crippen molar-refractivity contribution in [3.63, 3.8) is 0 Å². The predicted molar refractivity (Wildman–Crippen MR) is 69.2 cm³/mol. The molecule has 1 aliphatic rings. The molecule has 1 saturated heterocycles. The highest BCUT2D eigenvalue weighted by molar-refractivity contribution is 9.10. The largest absolute Gasteiger partial charge is 0.387 e. The van der Waals surface area contributed by atoms with Crippen LogP contribution < -0.4 is 0 Å². The molecule has 4 heteroatoms. The van der Waals surface area contributed by atoms with E-state index in [1.165, 1.54) is 6.07 Å². The Bertz CT molecular complexity index is 404. The molecule has 0 atom stereocenters. The average Bonchev–Trinajstić information content (AvgIpc) is 2.21. The molecule has 17 heavy (non-hydrogen) atoms. The van der Waals surface area contributed by atoms with Crippen LogP contribution in [0.25, 0.3) is 0 Å². The van der Waals surface area contributed by atoms with Crippen molar-refractivity contribution in [1.82, 2.24) is 4.90 Å². The van der Waals surface area contributed by atoms with Gasteiger partial charge in [-0.2, -0.15) is 0 Å². The standard InChI is InChI=1S/C13H17BrFNO/c1-2-5-13(17)8-16(9-13)7-10-6-11(15)3-4-12(10)14/h3-4,6,17H,2,5,7-9H2,1H3. The molecule has 0 unspecified atom stereocenters. The van der Waals surface area contributed by atoms with Gasteiger partial charge in [0.15, 0.2) is 0 Å². The first-order chi connectivity index (χ1) is 8.02. The van der Waals surface area contributed by atoms with E-state index < -0.39 is 5.60 Å². The van der Waals surface area contributed by atoms with E-state index in [0.29, 0.717) is 19.6 Å². The van der Waals surface area contributed by atoms with E-state index in [4.69, 9.17) is 0 Å². The molecule has 0 saturated carbocycles. The Kier molecular flexibility index (Phi) is 3.85. The minimum atomic E-state index is -0.519. The second-order valence-electron chi connectivity index (χ2n) is 4.86. The van der Waals surface area contributed by atoms with E-state index in [2.05, 4.69) is 27.8 Å². The molecule has 0 aromatic heterocycles. The van der Waals surface area contributed by atoms with Gasteiger partial charge in [-0.3, -0.25) is 4.90 Å². The van der Waals surface area contributed by atoms with Gasteiger partial charge < -0.3 is 5.11 Å². The fourth-order valence-electron chi connectivity index (χ4n) is 2.43. The third-order valence-electron chi connectivity index (χ3n) is 3.15. The minimum absolute atomic E-state index is 0.215. The van der Waals surface area contributed by atoms with Gasteiger partial charge in [0.05, 0.1) is 5.60 Å². The Hall–Kier alpha value is -0.450. The maximum Gasteiger partial charge on any atom is 0.123 e. The van der Waals surface area contributed by atoms with Crippen molar-refractivity contribution in [3.05, 3.63) is 34.1 Å². The first-order valence-corrected chi connectivity index (χ1v) is 6.70. The summed E-state index contributed by atoms with van der Waals surface area (Å²) in [5.41, 5.74) is 0.415. The van der Waals surface area contributed by atoms with Gasteiger partial charge in [0.1, 0.15) is 5.82 Å². The summed E-state index contributed by atoms with van der Waals surface area (Å²) in [5.74, 6) is -0.215. The SMILES string of the molecule is CCCC1(O)CN(Cc2cc(F)ccc2Br)C1. The molecule has 2 rings (SSSR count). The summed E-state index contributed by atoms with van der Waals surface area (Å²) in [6.07, 6.45) is 1.84. The molecule has 1 heterocycles. The van der Waals surface area contributed by atoms with Crippen LogP contribution in [-0.4, -0.2) is 28.7 Å². The highest BCUT2D eigenvalue weighted by atomic mass is 79.9. The van der Waals surface area contributed by atoms with Crippen molar-refractivity contribution < 1.29 is 9.50 Å². The zero-order valence-corrected chi connectivity index (χ0v) is 11.5. The third kappa shape index (κ3) is 3.06. The van der Waals surface area contributed by atoms with Gasteiger partial charge in [-0.15, -0.1) is 0 Å². The van der Waals surface area contributed by atoms with Crippen LogP contribution in [0.3, 0.4) is 0 Å². The molecule has 1 aromatic rings. The highest BCUT2D eigenvalue weighted by Crippen LogP contribution is 2.29. The molecule has 0 radical (unpaired) electrons. The molecule has 2 nitrogen and oxygen atoms in total. The number of halogens is 2. The highest BCUT2D eigenvalue weighted by Gasteiger charge is 2.39. The number of rotatable bonds is 4.